The summed E-state index contributed by atoms with van der Waals surface area (Å²) in [5.74, 6) is 2.12. The molecule has 0 saturated carbocycles. The van der Waals surface area contributed by atoms with E-state index in [1.165, 1.54) is 17.6 Å². The van der Waals surface area contributed by atoms with E-state index in [0.717, 1.165) is 26.2 Å². The van der Waals surface area contributed by atoms with Crippen molar-refractivity contribution in [1.82, 2.24) is 10.2 Å². The number of rotatable bonds is 5. The van der Waals surface area contributed by atoms with Gasteiger partial charge in [-0.1, -0.05) is 6.07 Å². The van der Waals surface area contributed by atoms with Crippen molar-refractivity contribution in [3.63, 3.8) is 0 Å². The van der Waals surface area contributed by atoms with Crippen molar-refractivity contribution >= 4 is 11.8 Å². The first-order chi connectivity index (χ1) is 9.29. The molecule has 1 fully saturated rings. The minimum Gasteiger partial charge on any atom is -0.311 e. The van der Waals surface area contributed by atoms with Gasteiger partial charge in [0, 0.05) is 49.8 Å². The molecule has 1 N–H and O–H groups in total. The average Bonchev–Trinajstić information content (AvgIpc) is 2.46. The summed E-state index contributed by atoms with van der Waals surface area (Å²) in [6.45, 7) is 4.69. The molecule has 0 aliphatic carbocycles. The van der Waals surface area contributed by atoms with Crippen LogP contribution in [0.5, 0.6) is 0 Å². The zero-order valence-corrected chi connectivity index (χ0v) is 11.7. The zero-order chi connectivity index (χ0) is 13.5. The Morgan fingerprint density at radius 1 is 1.37 bits per heavy atom. The number of hydrogen-bond donors (Lipinski definition) is 1. The van der Waals surface area contributed by atoms with E-state index in [9.17, 15) is 4.39 Å². The molecular weight excluding hydrogens is 261 g/mol. The number of nitrogens with one attached hydrogen (secondary N) is 1. The highest BCUT2D eigenvalue weighted by Gasteiger charge is 2.09. The number of halogens is 1. The van der Waals surface area contributed by atoms with Gasteiger partial charge in [0.05, 0.1) is 11.6 Å². The van der Waals surface area contributed by atoms with Crippen LogP contribution in [-0.2, 0) is 6.54 Å². The van der Waals surface area contributed by atoms with Crippen molar-refractivity contribution in [2.24, 2.45) is 0 Å². The topological polar surface area (TPSA) is 39.1 Å². The smallest absolute Gasteiger partial charge is 0.129 e. The predicted octanol–water partition coefficient (Wildman–Crippen LogP) is 1.84. The fraction of sp³-hybridized carbons (Fsp3) is 0.500. The van der Waals surface area contributed by atoms with Crippen molar-refractivity contribution in [2.75, 3.05) is 37.7 Å². The van der Waals surface area contributed by atoms with Gasteiger partial charge in [0.15, 0.2) is 0 Å². The summed E-state index contributed by atoms with van der Waals surface area (Å²) in [6, 6.07) is 6.56. The molecule has 102 valence electrons. The molecule has 0 radical (unpaired) electrons. The van der Waals surface area contributed by atoms with Crippen LogP contribution < -0.4 is 5.32 Å². The van der Waals surface area contributed by atoms with Crippen molar-refractivity contribution < 1.29 is 4.39 Å². The van der Waals surface area contributed by atoms with E-state index in [1.807, 2.05) is 17.8 Å². The minimum atomic E-state index is -0.305. The lowest BCUT2D eigenvalue weighted by atomic mass is 10.1. The summed E-state index contributed by atoms with van der Waals surface area (Å²) in [5, 5.41) is 11.9. The first kappa shape index (κ1) is 14.3. The maximum atomic E-state index is 13.6. The molecule has 1 aliphatic rings. The Bertz CT molecular complexity index is 452. The molecule has 0 spiro atoms. The second kappa shape index (κ2) is 7.49. The number of nitrogens with zero attached hydrogens (tertiary/aromatic N) is 2. The molecule has 1 aliphatic heterocycles. The molecular formula is C14H18FN3S. The third kappa shape index (κ3) is 4.50. The second-order valence-corrected chi connectivity index (χ2v) is 5.77. The summed E-state index contributed by atoms with van der Waals surface area (Å²) >= 11 is 2.00. The number of thioether (sulfide) groups is 1. The molecule has 1 saturated heterocycles. The van der Waals surface area contributed by atoms with Gasteiger partial charge in [-0.05, 0) is 12.1 Å². The largest absolute Gasteiger partial charge is 0.311 e. The SMILES string of the molecule is N#Cc1ccc(CNCCN2CCSCC2)c(F)c1. The Hall–Kier alpha value is -1.09. The summed E-state index contributed by atoms with van der Waals surface area (Å²) in [4.78, 5) is 2.43. The van der Waals surface area contributed by atoms with E-state index in [2.05, 4.69) is 10.2 Å². The molecule has 5 heteroatoms. The van der Waals surface area contributed by atoms with Gasteiger partial charge in [-0.25, -0.2) is 4.39 Å². The van der Waals surface area contributed by atoms with E-state index in [1.54, 1.807) is 12.1 Å². The molecule has 0 aromatic heterocycles. The first-order valence-electron chi connectivity index (χ1n) is 6.49. The third-order valence-electron chi connectivity index (χ3n) is 3.21. The molecule has 0 unspecified atom stereocenters. The highest BCUT2D eigenvalue weighted by Crippen LogP contribution is 2.10. The predicted molar refractivity (Wildman–Crippen MR) is 76.6 cm³/mol. The van der Waals surface area contributed by atoms with Gasteiger partial charge in [-0.2, -0.15) is 17.0 Å². The van der Waals surface area contributed by atoms with Crippen LogP contribution in [0.4, 0.5) is 4.39 Å². The van der Waals surface area contributed by atoms with Crippen LogP contribution in [0.3, 0.4) is 0 Å². The number of benzene rings is 1. The Morgan fingerprint density at radius 3 is 2.84 bits per heavy atom. The third-order valence-corrected chi connectivity index (χ3v) is 4.15. The molecule has 0 amide bonds. The van der Waals surface area contributed by atoms with Gasteiger partial charge in [0.1, 0.15) is 5.82 Å². The van der Waals surface area contributed by atoms with Crippen molar-refractivity contribution in [2.45, 2.75) is 6.54 Å². The lowest BCUT2D eigenvalue weighted by Crippen LogP contribution is -2.37. The maximum Gasteiger partial charge on any atom is 0.129 e. The van der Waals surface area contributed by atoms with Crippen molar-refractivity contribution in [3.05, 3.63) is 35.1 Å². The zero-order valence-electron chi connectivity index (χ0n) is 10.9. The lowest BCUT2D eigenvalue weighted by Gasteiger charge is -2.26. The molecule has 2 rings (SSSR count). The monoisotopic (exact) mass is 279 g/mol. The van der Waals surface area contributed by atoms with E-state index in [0.29, 0.717) is 17.7 Å². The van der Waals surface area contributed by atoms with Gasteiger partial charge < -0.3 is 10.2 Å². The summed E-state index contributed by atoms with van der Waals surface area (Å²) in [5.41, 5.74) is 0.986. The fourth-order valence-corrected chi connectivity index (χ4v) is 3.02. The van der Waals surface area contributed by atoms with Gasteiger partial charge >= 0.3 is 0 Å². The first-order valence-corrected chi connectivity index (χ1v) is 7.64. The van der Waals surface area contributed by atoms with Gasteiger partial charge in [-0.3, -0.25) is 0 Å². The van der Waals surface area contributed by atoms with Crippen LogP contribution in [0, 0.1) is 17.1 Å². The molecule has 1 heterocycles. The highest BCUT2D eigenvalue weighted by atomic mass is 32.2. The molecule has 3 nitrogen and oxygen atoms in total. The van der Waals surface area contributed by atoms with Crippen LogP contribution in [0.15, 0.2) is 18.2 Å². The van der Waals surface area contributed by atoms with Crippen molar-refractivity contribution in [1.29, 1.82) is 5.26 Å². The standard InChI is InChI=1S/C14H18FN3S/c15-14-9-12(10-16)1-2-13(14)11-17-3-4-18-5-7-19-8-6-18/h1-2,9,17H,3-8,11H2. The lowest BCUT2D eigenvalue weighted by molar-refractivity contribution is 0.301. The van der Waals surface area contributed by atoms with Crippen molar-refractivity contribution in [3.8, 4) is 6.07 Å². The van der Waals surface area contributed by atoms with Gasteiger partial charge in [-0.15, -0.1) is 0 Å². The average molecular weight is 279 g/mol. The summed E-state index contributed by atoms with van der Waals surface area (Å²) in [6.07, 6.45) is 0. The molecule has 19 heavy (non-hydrogen) atoms. The Labute approximate surface area is 117 Å². The molecule has 1 aromatic carbocycles. The Morgan fingerprint density at radius 2 is 2.16 bits per heavy atom. The molecule has 0 bridgehead atoms. The Kier molecular flexibility index (Phi) is 5.64. The Balaban J connectivity index is 1.72. The highest BCUT2D eigenvalue weighted by molar-refractivity contribution is 7.99. The van der Waals surface area contributed by atoms with E-state index < -0.39 is 0 Å². The second-order valence-electron chi connectivity index (χ2n) is 4.55. The quantitative estimate of drug-likeness (QED) is 0.835. The van der Waals surface area contributed by atoms with Crippen LogP contribution in [0.2, 0.25) is 0 Å². The molecule has 0 atom stereocenters. The minimum absolute atomic E-state index is 0.305. The summed E-state index contributed by atoms with van der Waals surface area (Å²) in [7, 11) is 0. The maximum absolute atomic E-state index is 13.6. The van der Waals surface area contributed by atoms with E-state index >= 15 is 0 Å². The van der Waals surface area contributed by atoms with Gasteiger partial charge in [0.25, 0.3) is 0 Å². The fourth-order valence-electron chi connectivity index (χ4n) is 2.05. The van der Waals surface area contributed by atoms with Crippen LogP contribution in [0.1, 0.15) is 11.1 Å². The van der Waals surface area contributed by atoms with Crippen LogP contribution in [-0.4, -0.2) is 42.6 Å². The molecule has 1 aromatic rings. The summed E-state index contributed by atoms with van der Waals surface area (Å²) < 4.78 is 13.6. The van der Waals surface area contributed by atoms with E-state index in [-0.39, 0.29) is 5.82 Å². The van der Waals surface area contributed by atoms with E-state index in [4.69, 9.17) is 5.26 Å². The number of nitriles is 1. The van der Waals surface area contributed by atoms with Gasteiger partial charge in [0.2, 0.25) is 0 Å². The normalized spacial score (nSPS) is 16.2. The van der Waals surface area contributed by atoms with Crippen LogP contribution >= 0.6 is 11.8 Å². The van der Waals surface area contributed by atoms with Crippen LogP contribution in [0.25, 0.3) is 0 Å². The number of hydrogen-bond acceptors (Lipinski definition) is 4.